The summed E-state index contributed by atoms with van der Waals surface area (Å²) in [6, 6.07) is 6.89. The molecule has 0 amide bonds. The highest BCUT2D eigenvalue weighted by molar-refractivity contribution is 6.30. The van der Waals surface area contributed by atoms with E-state index in [4.69, 9.17) is 11.6 Å². The number of aliphatic hydroxyl groups excluding tert-OH is 1. The molecule has 1 aromatic rings. The van der Waals surface area contributed by atoms with Crippen LogP contribution in [0.1, 0.15) is 25.0 Å². The lowest BCUT2D eigenvalue weighted by Crippen LogP contribution is -2.02. The fourth-order valence-corrected chi connectivity index (χ4v) is 1.30. The van der Waals surface area contributed by atoms with Crippen LogP contribution in [0.4, 0.5) is 0 Å². The molecule has 1 N–H and O–H groups in total. The largest absolute Gasteiger partial charge is 0.388 e. The molecule has 0 bridgehead atoms. The molecule has 13 heavy (non-hydrogen) atoms. The molecule has 3 heteroatoms. The molecule has 0 aliphatic heterocycles. The van der Waals surface area contributed by atoms with E-state index in [1.807, 2.05) is 0 Å². The van der Waals surface area contributed by atoms with Gasteiger partial charge in [0.2, 0.25) is 0 Å². The Bertz CT molecular complexity index is 310. The lowest BCUT2D eigenvalue weighted by Gasteiger charge is -2.08. The van der Waals surface area contributed by atoms with E-state index in [0.717, 1.165) is 0 Å². The average molecular weight is 199 g/mol. The van der Waals surface area contributed by atoms with Crippen molar-refractivity contribution in [2.45, 2.75) is 19.4 Å². The second kappa shape index (κ2) is 4.40. The van der Waals surface area contributed by atoms with Crippen LogP contribution in [0.2, 0.25) is 5.02 Å². The zero-order valence-corrected chi connectivity index (χ0v) is 8.08. The van der Waals surface area contributed by atoms with Crippen LogP contribution >= 0.6 is 11.6 Å². The molecule has 0 saturated heterocycles. The molecular formula is C10H11ClO2. The molecule has 0 spiro atoms. The Balaban J connectivity index is 2.76. The van der Waals surface area contributed by atoms with E-state index in [-0.39, 0.29) is 12.2 Å². The number of aliphatic hydroxyl groups is 1. The number of benzene rings is 1. The molecule has 0 radical (unpaired) electrons. The zero-order valence-electron chi connectivity index (χ0n) is 7.33. The van der Waals surface area contributed by atoms with E-state index < -0.39 is 6.10 Å². The minimum absolute atomic E-state index is 0.0347. The summed E-state index contributed by atoms with van der Waals surface area (Å²) in [6.45, 7) is 1.45. The predicted molar refractivity (Wildman–Crippen MR) is 51.7 cm³/mol. The molecular weight excluding hydrogens is 188 g/mol. The second-order valence-corrected chi connectivity index (χ2v) is 3.41. The maximum Gasteiger partial charge on any atom is 0.132 e. The van der Waals surface area contributed by atoms with Gasteiger partial charge in [-0.15, -0.1) is 0 Å². The average Bonchev–Trinajstić information content (AvgIpc) is 2.03. The summed E-state index contributed by atoms with van der Waals surface area (Å²) in [5.74, 6) is -0.0347. The van der Waals surface area contributed by atoms with Crippen molar-refractivity contribution in [2.24, 2.45) is 0 Å². The Labute approximate surface area is 82.2 Å². The highest BCUT2D eigenvalue weighted by atomic mass is 35.5. The quantitative estimate of drug-likeness (QED) is 0.810. The first-order chi connectivity index (χ1) is 6.09. The van der Waals surface area contributed by atoms with Crippen molar-refractivity contribution in [1.82, 2.24) is 0 Å². The zero-order chi connectivity index (χ0) is 9.84. The smallest absolute Gasteiger partial charge is 0.132 e. The topological polar surface area (TPSA) is 37.3 Å². The molecule has 2 nitrogen and oxygen atoms in total. The van der Waals surface area contributed by atoms with Gasteiger partial charge >= 0.3 is 0 Å². The minimum atomic E-state index is -0.740. The molecule has 0 unspecified atom stereocenters. The van der Waals surface area contributed by atoms with Crippen LogP contribution in [0.25, 0.3) is 0 Å². The summed E-state index contributed by atoms with van der Waals surface area (Å²) >= 11 is 5.73. The van der Waals surface area contributed by atoms with Crippen LogP contribution in [-0.2, 0) is 4.79 Å². The molecule has 1 aromatic carbocycles. The third-order valence-corrected chi connectivity index (χ3v) is 1.95. The standard InChI is InChI=1S/C10H11ClO2/c1-7(12)5-10(13)8-3-2-4-9(11)6-8/h2-4,6,10,13H,5H2,1H3/t10-/m0/s1. The maximum absolute atomic E-state index is 10.7. The van der Waals surface area contributed by atoms with Crippen LogP contribution in [-0.4, -0.2) is 10.9 Å². The number of hydrogen-bond acceptors (Lipinski definition) is 2. The van der Waals surface area contributed by atoms with Gasteiger partial charge < -0.3 is 5.11 Å². The molecule has 0 fully saturated rings. The minimum Gasteiger partial charge on any atom is -0.388 e. The van der Waals surface area contributed by atoms with Gasteiger partial charge in [-0.25, -0.2) is 0 Å². The Morgan fingerprint density at radius 2 is 2.31 bits per heavy atom. The predicted octanol–water partition coefficient (Wildman–Crippen LogP) is 2.35. The normalized spacial score (nSPS) is 12.5. The van der Waals surface area contributed by atoms with Crippen molar-refractivity contribution in [3.63, 3.8) is 0 Å². The lowest BCUT2D eigenvalue weighted by molar-refractivity contribution is -0.118. The SMILES string of the molecule is CC(=O)C[C@H](O)c1cccc(Cl)c1. The van der Waals surface area contributed by atoms with E-state index in [0.29, 0.717) is 10.6 Å². The van der Waals surface area contributed by atoms with E-state index >= 15 is 0 Å². The second-order valence-electron chi connectivity index (χ2n) is 2.98. The van der Waals surface area contributed by atoms with Gasteiger partial charge in [0.15, 0.2) is 0 Å². The number of ketones is 1. The lowest BCUT2D eigenvalue weighted by atomic mass is 10.1. The first-order valence-corrected chi connectivity index (χ1v) is 4.40. The van der Waals surface area contributed by atoms with Gasteiger partial charge in [-0.3, -0.25) is 4.79 Å². The first-order valence-electron chi connectivity index (χ1n) is 4.02. The van der Waals surface area contributed by atoms with Crippen LogP contribution in [0.5, 0.6) is 0 Å². The molecule has 1 atom stereocenters. The van der Waals surface area contributed by atoms with Crippen molar-refractivity contribution in [1.29, 1.82) is 0 Å². The van der Waals surface area contributed by atoms with E-state index in [1.165, 1.54) is 6.92 Å². The molecule has 0 aliphatic rings. The van der Waals surface area contributed by atoms with Gasteiger partial charge in [-0.1, -0.05) is 23.7 Å². The van der Waals surface area contributed by atoms with Crippen LogP contribution in [0.15, 0.2) is 24.3 Å². The molecule has 0 saturated carbocycles. The number of hydrogen-bond donors (Lipinski definition) is 1. The van der Waals surface area contributed by atoms with Gasteiger partial charge in [0.25, 0.3) is 0 Å². The highest BCUT2D eigenvalue weighted by Gasteiger charge is 2.09. The summed E-state index contributed by atoms with van der Waals surface area (Å²) in [6.07, 6.45) is -0.600. The van der Waals surface area contributed by atoms with Gasteiger partial charge in [-0.05, 0) is 24.6 Å². The number of Topliss-reactive ketones (excluding diaryl/α,β-unsaturated/α-hetero) is 1. The van der Waals surface area contributed by atoms with Gasteiger partial charge in [0.1, 0.15) is 5.78 Å². The van der Waals surface area contributed by atoms with Crippen molar-refractivity contribution >= 4 is 17.4 Å². The monoisotopic (exact) mass is 198 g/mol. The Morgan fingerprint density at radius 3 is 2.85 bits per heavy atom. The Morgan fingerprint density at radius 1 is 1.62 bits per heavy atom. The number of rotatable bonds is 3. The highest BCUT2D eigenvalue weighted by Crippen LogP contribution is 2.20. The van der Waals surface area contributed by atoms with Crippen molar-refractivity contribution < 1.29 is 9.90 Å². The Hall–Kier alpha value is -0.860. The first kappa shape index (κ1) is 10.2. The fourth-order valence-electron chi connectivity index (χ4n) is 1.10. The molecule has 0 aliphatic carbocycles. The van der Waals surface area contributed by atoms with Crippen molar-refractivity contribution in [3.05, 3.63) is 34.9 Å². The third kappa shape index (κ3) is 3.17. The van der Waals surface area contributed by atoms with E-state index in [9.17, 15) is 9.90 Å². The summed E-state index contributed by atoms with van der Waals surface area (Å²) in [5, 5.41) is 10.1. The molecule has 1 rings (SSSR count). The number of carbonyl (C=O) groups is 1. The van der Waals surface area contributed by atoms with Crippen LogP contribution in [0, 0.1) is 0 Å². The summed E-state index contributed by atoms with van der Waals surface area (Å²) in [7, 11) is 0. The van der Waals surface area contributed by atoms with E-state index in [1.54, 1.807) is 24.3 Å². The van der Waals surface area contributed by atoms with Gasteiger partial charge in [-0.2, -0.15) is 0 Å². The van der Waals surface area contributed by atoms with Crippen molar-refractivity contribution in [3.8, 4) is 0 Å². The van der Waals surface area contributed by atoms with Crippen LogP contribution < -0.4 is 0 Å². The molecule has 0 heterocycles. The summed E-state index contributed by atoms with van der Waals surface area (Å²) in [5.41, 5.74) is 0.683. The van der Waals surface area contributed by atoms with Crippen LogP contribution in [0.3, 0.4) is 0 Å². The molecule has 70 valence electrons. The number of halogens is 1. The number of carbonyl (C=O) groups excluding carboxylic acids is 1. The van der Waals surface area contributed by atoms with Crippen molar-refractivity contribution in [2.75, 3.05) is 0 Å². The summed E-state index contributed by atoms with van der Waals surface area (Å²) < 4.78 is 0. The summed E-state index contributed by atoms with van der Waals surface area (Å²) in [4.78, 5) is 10.7. The van der Waals surface area contributed by atoms with Gasteiger partial charge in [0, 0.05) is 11.4 Å². The third-order valence-electron chi connectivity index (χ3n) is 1.71. The fraction of sp³-hybridized carbons (Fsp3) is 0.300. The maximum atomic E-state index is 10.7. The molecule has 0 aromatic heterocycles. The Kier molecular flexibility index (Phi) is 3.46. The van der Waals surface area contributed by atoms with E-state index in [2.05, 4.69) is 0 Å². The van der Waals surface area contributed by atoms with Gasteiger partial charge in [0.05, 0.1) is 6.10 Å².